The Morgan fingerprint density at radius 1 is 1.22 bits per heavy atom. The Morgan fingerprint density at radius 3 is 2.78 bits per heavy atom. The van der Waals surface area contributed by atoms with Gasteiger partial charge in [-0.3, -0.25) is 9.59 Å². The first-order valence-corrected chi connectivity index (χ1v) is 8.24. The third-order valence-electron chi connectivity index (χ3n) is 4.06. The average molecular weight is 369 g/mol. The van der Waals surface area contributed by atoms with E-state index < -0.39 is 18.5 Å². The van der Waals surface area contributed by atoms with Crippen molar-refractivity contribution < 1.29 is 19.1 Å². The molecule has 0 bridgehead atoms. The maximum Gasteiger partial charge on any atom is 0.310 e. The van der Waals surface area contributed by atoms with E-state index in [2.05, 4.69) is 20.4 Å². The van der Waals surface area contributed by atoms with Crippen molar-refractivity contribution in [2.75, 3.05) is 19.0 Å². The Hall–Kier alpha value is -3.49. The molecule has 0 radical (unpaired) electrons. The van der Waals surface area contributed by atoms with E-state index in [1.807, 2.05) is 6.92 Å². The van der Waals surface area contributed by atoms with Crippen LogP contribution in [0.4, 0.5) is 5.69 Å². The maximum atomic E-state index is 12.2. The summed E-state index contributed by atoms with van der Waals surface area (Å²) in [5.41, 5.74) is 2.63. The first-order valence-electron chi connectivity index (χ1n) is 8.24. The quantitative estimate of drug-likeness (QED) is 0.656. The molecule has 0 spiro atoms. The van der Waals surface area contributed by atoms with Crippen molar-refractivity contribution in [1.29, 1.82) is 0 Å². The summed E-state index contributed by atoms with van der Waals surface area (Å²) < 4.78 is 11.8. The molecule has 0 unspecified atom stereocenters. The molecule has 9 nitrogen and oxygen atoms in total. The van der Waals surface area contributed by atoms with Crippen LogP contribution in [0, 0.1) is 13.8 Å². The molecule has 0 atom stereocenters. The van der Waals surface area contributed by atoms with Crippen LogP contribution < -0.4 is 10.1 Å². The molecular formula is C18H19N5O4. The summed E-state index contributed by atoms with van der Waals surface area (Å²) in [6, 6.07) is 6.98. The zero-order valence-corrected chi connectivity index (χ0v) is 15.2. The fourth-order valence-corrected chi connectivity index (χ4v) is 2.69. The van der Waals surface area contributed by atoms with Crippen LogP contribution in [0.5, 0.6) is 5.75 Å². The molecule has 2 heterocycles. The zero-order chi connectivity index (χ0) is 19.4. The van der Waals surface area contributed by atoms with Crippen LogP contribution in [0.2, 0.25) is 0 Å². The van der Waals surface area contributed by atoms with Gasteiger partial charge in [0.05, 0.1) is 19.2 Å². The molecule has 27 heavy (non-hydrogen) atoms. The number of para-hydroxylation sites is 2. The Morgan fingerprint density at radius 2 is 2.00 bits per heavy atom. The number of hydrogen-bond acceptors (Lipinski definition) is 7. The molecule has 0 aliphatic heterocycles. The van der Waals surface area contributed by atoms with Gasteiger partial charge in [0.15, 0.2) is 6.61 Å². The van der Waals surface area contributed by atoms with Gasteiger partial charge in [-0.25, -0.2) is 9.50 Å². The van der Waals surface area contributed by atoms with Gasteiger partial charge in [0, 0.05) is 17.0 Å². The van der Waals surface area contributed by atoms with Crippen LogP contribution >= 0.6 is 0 Å². The number of hydrogen-bond donors (Lipinski definition) is 1. The van der Waals surface area contributed by atoms with Crippen molar-refractivity contribution >= 4 is 23.3 Å². The Labute approximate surface area is 155 Å². The standard InChI is InChI=1S/C18H19N5O4/c1-11-13(12(2)23-18(21-11)19-10-20-23)8-17(25)27-9-16(24)22-14-6-4-5-7-15(14)26-3/h4-7,10H,8-9H2,1-3H3,(H,22,24). The number of rotatable bonds is 6. The molecule has 0 aliphatic carbocycles. The lowest BCUT2D eigenvalue weighted by atomic mass is 10.1. The third kappa shape index (κ3) is 4.02. The van der Waals surface area contributed by atoms with E-state index in [0.29, 0.717) is 28.5 Å². The Bertz CT molecular complexity index is 999. The molecule has 0 saturated carbocycles. The highest BCUT2D eigenvalue weighted by molar-refractivity contribution is 5.94. The largest absolute Gasteiger partial charge is 0.495 e. The Balaban J connectivity index is 1.61. The number of amides is 1. The predicted molar refractivity (Wildman–Crippen MR) is 96.5 cm³/mol. The molecule has 3 rings (SSSR count). The normalized spacial score (nSPS) is 10.6. The van der Waals surface area contributed by atoms with E-state index in [-0.39, 0.29) is 6.42 Å². The molecule has 1 amide bonds. The number of ether oxygens (including phenoxy) is 2. The number of esters is 1. The van der Waals surface area contributed by atoms with E-state index in [9.17, 15) is 9.59 Å². The minimum Gasteiger partial charge on any atom is -0.495 e. The molecule has 9 heteroatoms. The summed E-state index contributed by atoms with van der Waals surface area (Å²) in [5.74, 6) is 0.0118. The molecule has 2 aromatic heterocycles. The summed E-state index contributed by atoms with van der Waals surface area (Å²) in [4.78, 5) is 32.5. The lowest BCUT2D eigenvalue weighted by Gasteiger charge is -2.11. The van der Waals surface area contributed by atoms with Gasteiger partial charge in [0.2, 0.25) is 0 Å². The van der Waals surface area contributed by atoms with Crippen LogP contribution in [0.3, 0.4) is 0 Å². The minimum atomic E-state index is -0.530. The number of anilines is 1. The number of methoxy groups -OCH3 is 1. The number of carbonyl (C=O) groups excluding carboxylic acids is 2. The molecule has 1 N–H and O–H groups in total. The lowest BCUT2D eigenvalue weighted by molar-refractivity contribution is -0.146. The van der Waals surface area contributed by atoms with Crippen molar-refractivity contribution in [2.45, 2.75) is 20.3 Å². The van der Waals surface area contributed by atoms with Crippen molar-refractivity contribution in [3.8, 4) is 5.75 Å². The van der Waals surface area contributed by atoms with Crippen molar-refractivity contribution in [3.63, 3.8) is 0 Å². The smallest absolute Gasteiger partial charge is 0.310 e. The zero-order valence-electron chi connectivity index (χ0n) is 15.2. The number of aromatic nitrogens is 4. The number of fused-ring (bicyclic) bond motifs is 1. The number of nitrogens with one attached hydrogen (secondary N) is 1. The number of aryl methyl sites for hydroxylation is 2. The topological polar surface area (TPSA) is 108 Å². The maximum absolute atomic E-state index is 12.2. The van der Waals surface area contributed by atoms with E-state index in [1.54, 1.807) is 35.7 Å². The van der Waals surface area contributed by atoms with Gasteiger partial charge in [-0.05, 0) is 26.0 Å². The van der Waals surface area contributed by atoms with Crippen molar-refractivity contribution in [3.05, 3.63) is 47.5 Å². The van der Waals surface area contributed by atoms with Gasteiger partial charge in [-0.2, -0.15) is 10.1 Å². The summed E-state index contributed by atoms with van der Waals surface area (Å²) in [7, 11) is 1.51. The van der Waals surface area contributed by atoms with Gasteiger partial charge < -0.3 is 14.8 Å². The van der Waals surface area contributed by atoms with Crippen LogP contribution in [0.25, 0.3) is 5.78 Å². The third-order valence-corrected chi connectivity index (χ3v) is 4.06. The van der Waals surface area contributed by atoms with Crippen molar-refractivity contribution in [2.24, 2.45) is 0 Å². The Kier molecular flexibility index (Phi) is 5.30. The van der Waals surface area contributed by atoms with Crippen LogP contribution in [-0.2, 0) is 20.7 Å². The van der Waals surface area contributed by atoms with E-state index in [1.165, 1.54) is 13.4 Å². The fourth-order valence-electron chi connectivity index (χ4n) is 2.69. The molecule has 0 aliphatic rings. The van der Waals surface area contributed by atoms with Gasteiger partial charge in [-0.1, -0.05) is 12.1 Å². The van der Waals surface area contributed by atoms with E-state index in [0.717, 1.165) is 5.69 Å². The van der Waals surface area contributed by atoms with E-state index >= 15 is 0 Å². The number of benzene rings is 1. The lowest BCUT2D eigenvalue weighted by Crippen LogP contribution is -2.22. The second-order valence-corrected chi connectivity index (χ2v) is 5.82. The highest BCUT2D eigenvalue weighted by atomic mass is 16.5. The van der Waals surface area contributed by atoms with Crippen LogP contribution in [0.1, 0.15) is 17.0 Å². The summed E-state index contributed by atoms with van der Waals surface area (Å²) in [6.07, 6.45) is 1.39. The first-order chi connectivity index (χ1) is 13.0. The number of nitrogens with zero attached hydrogens (tertiary/aromatic N) is 4. The summed E-state index contributed by atoms with van der Waals surface area (Å²) >= 11 is 0. The second-order valence-electron chi connectivity index (χ2n) is 5.82. The fraction of sp³-hybridized carbons (Fsp3) is 0.278. The van der Waals surface area contributed by atoms with Gasteiger partial charge in [0.25, 0.3) is 11.7 Å². The molecule has 3 aromatic rings. The average Bonchev–Trinajstić information content (AvgIpc) is 3.12. The molecule has 1 aromatic carbocycles. The van der Waals surface area contributed by atoms with Crippen molar-refractivity contribution in [1.82, 2.24) is 19.6 Å². The van der Waals surface area contributed by atoms with Gasteiger partial charge in [-0.15, -0.1) is 0 Å². The molecular weight excluding hydrogens is 350 g/mol. The predicted octanol–water partition coefficient (Wildman–Crippen LogP) is 1.47. The highest BCUT2D eigenvalue weighted by Gasteiger charge is 2.16. The summed E-state index contributed by atoms with van der Waals surface area (Å²) in [6.45, 7) is 3.22. The van der Waals surface area contributed by atoms with E-state index in [4.69, 9.17) is 9.47 Å². The van der Waals surface area contributed by atoms with Gasteiger partial charge in [0.1, 0.15) is 12.1 Å². The first kappa shape index (κ1) is 18.3. The molecule has 140 valence electrons. The van der Waals surface area contributed by atoms with Gasteiger partial charge >= 0.3 is 5.97 Å². The summed E-state index contributed by atoms with van der Waals surface area (Å²) in [5, 5.41) is 6.73. The van der Waals surface area contributed by atoms with Crippen LogP contribution in [-0.4, -0.2) is 45.2 Å². The monoisotopic (exact) mass is 369 g/mol. The highest BCUT2D eigenvalue weighted by Crippen LogP contribution is 2.22. The second kappa shape index (κ2) is 7.81. The number of carbonyl (C=O) groups is 2. The van der Waals surface area contributed by atoms with Crippen LogP contribution in [0.15, 0.2) is 30.6 Å². The minimum absolute atomic E-state index is 0.0115. The molecule has 0 saturated heterocycles. The SMILES string of the molecule is COc1ccccc1NC(=O)COC(=O)Cc1c(C)nc2ncnn2c1C. The molecule has 0 fully saturated rings.